The number of carboxylic acids is 1. The van der Waals surface area contributed by atoms with Crippen molar-refractivity contribution in [3.05, 3.63) is 22.9 Å². The third kappa shape index (κ3) is 1.92. The predicted molar refractivity (Wildman–Crippen MR) is 60.4 cm³/mol. The van der Waals surface area contributed by atoms with E-state index in [1.54, 1.807) is 11.8 Å². The first-order valence-electron chi connectivity index (χ1n) is 4.74. The molecule has 2 rings (SSSR count). The number of rotatable bonds is 2. The maximum atomic E-state index is 10.8. The fourth-order valence-electron chi connectivity index (χ4n) is 1.36. The summed E-state index contributed by atoms with van der Waals surface area (Å²) < 4.78 is 0. The summed E-state index contributed by atoms with van der Waals surface area (Å²) in [4.78, 5) is 18.0. The minimum atomic E-state index is -0.894. The Kier molecular flexibility index (Phi) is 2.56. The van der Waals surface area contributed by atoms with Crippen LogP contribution in [-0.4, -0.2) is 27.7 Å². The molecule has 80 valence electrons. The van der Waals surface area contributed by atoms with Crippen LogP contribution in [0, 0.1) is 5.92 Å². The van der Waals surface area contributed by atoms with E-state index < -0.39 is 5.97 Å². The maximum Gasteiger partial charge on any atom is 0.334 e. The van der Waals surface area contributed by atoms with Crippen LogP contribution in [0.2, 0.25) is 0 Å². The zero-order valence-corrected chi connectivity index (χ0v) is 9.41. The highest BCUT2D eigenvalue weighted by atomic mass is 32.2. The van der Waals surface area contributed by atoms with E-state index in [9.17, 15) is 4.79 Å². The molecule has 0 radical (unpaired) electrons. The number of aliphatic carboxylic acids is 1. The molecule has 0 amide bonds. The third-order valence-electron chi connectivity index (χ3n) is 2.25. The van der Waals surface area contributed by atoms with Gasteiger partial charge in [0.25, 0.3) is 0 Å². The fourth-order valence-corrected chi connectivity index (χ4v) is 2.33. The lowest BCUT2D eigenvalue weighted by molar-refractivity contribution is -0.132. The summed E-state index contributed by atoms with van der Waals surface area (Å²) in [6, 6.07) is 0. The van der Waals surface area contributed by atoms with Crippen LogP contribution >= 0.6 is 11.8 Å². The molecule has 0 aromatic carbocycles. The number of aliphatic imine (C=N–C) groups is 1. The number of allylic oxidation sites excluding steroid dienone is 1. The minimum absolute atomic E-state index is 0.334. The lowest BCUT2D eigenvalue weighted by Crippen LogP contribution is -2.27. The number of hydrogen-bond acceptors (Lipinski definition) is 4. The van der Waals surface area contributed by atoms with Crippen molar-refractivity contribution in [2.24, 2.45) is 10.9 Å². The quantitative estimate of drug-likeness (QED) is 0.778. The molecule has 0 aromatic heterocycles. The molecule has 0 atom stereocenters. The first kappa shape index (κ1) is 10.3. The van der Waals surface area contributed by atoms with Gasteiger partial charge in [0.1, 0.15) is 0 Å². The zero-order chi connectivity index (χ0) is 11.0. The van der Waals surface area contributed by atoms with Gasteiger partial charge in [-0.2, -0.15) is 0 Å². The Morgan fingerprint density at radius 3 is 3.00 bits per heavy atom. The number of fused-ring (bicyclic) bond motifs is 1. The number of thioether (sulfide) groups is 1. The normalized spacial score (nSPS) is 19.7. The summed E-state index contributed by atoms with van der Waals surface area (Å²) in [5.41, 5.74) is 0.334. The molecule has 2 aliphatic rings. The van der Waals surface area contributed by atoms with Gasteiger partial charge in [-0.25, -0.2) is 9.79 Å². The van der Waals surface area contributed by atoms with Gasteiger partial charge in [-0.3, -0.25) is 0 Å². The summed E-state index contributed by atoms with van der Waals surface area (Å²) in [6.45, 7) is 4.64. The van der Waals surface area contributed by atoms with Crippen LogP contribution in [0.3, 0.4) is 0 Å². The minimum Gasteiger partial charge on any atom is -0.478 e. The smallest absolute Gasteiger partial charge is 0.334 e. The van der Waals surface area contributed by atoms with E-state index in [1.165, 1.54) is 11.1 Å². The molecule has 0 aromatic rings. The van der Waals surface area contributed by atoms with E-state index in [1.807, 2.05) is 11.1 Å². The van der Waals surface area contributed by atoms with Crippen LogP contribution in [-0.2, 0) is 4.79 Å². The number of carbonyl (C=O) groups is 1. The van der Waals surface area contributed by atoms with Gasteiger partial charge in [-0.1, -0.05) is 25.6 Å². The van der Waals surface area contributed by atoms with Crippen molar-refractivity contribution in [3.63, 3.8) is 0 Å². The number of hydrogen-bond donors (Lipinski definition) is 1. The second-order valence-electron chi connectivity index (χ2n) is 3.79. The molecule has 0 bridgehead atoms. The second-order valence-corrected chi connectivity index (χ2v) is 4.83. The largest absolute Gasteiger partial charge is 0.478 e. The molecular weight excluding hydrogens is 212 g/mol. The first-order chi connectivity index (χ1) is 7.08. The molecule has 2 heterocycles. The summed E-state index contributed by atoms with van der Waals surface area (Å²) >= 11 is 1.62. The molecule has 0 unspecified atom stereocenters. The van der Waals surface area contributed by atoms with Gasteiger partial charge in [-0.05, 0) is 5.92 Å². The lowest BCUT2D eigenvalue weighted by Gasteiger charge is -2.18. The van der Waals surface area contributed by atoms with Crippen LogP contribution in [0.1, 0.15) is 13.8 Å². The number of amidine groups is 1. The molecule has 0 fully saturated rings. The summed E-state index contributed by atoms with van der Waals surface area (Å²) in [6.07, 6.45) is 3.43. The molecule has 1 N–H and O–H groups in total. The standard InChI is InChI=1S/C10H12N2O2S/c1-6(2)8-5-12-4-7(9(13)14)3-11-10(12)15-8/h3,5-6H,4H2,1-2H3,(H,13,14). The molecule has 5 heteroatoms. The van der Waals surface area contributed by atoms with E-state index in [2.05, 4.69) is 18.8 Å². The Morgan fingerprint density at radius 1 is 1.67 bits per heavy atom. The second kappa shape index (κ2) is 3.73. The van der Waals surface area contributed by atoms with Gasteiger partial charge in [0.2, 0.25) is 0 Å². The summed E-state index contributed by atoms with van der Waals surface area (Å²) in [7, 11) is 0. The van der Waals surface area contributed by atoms with Gasteiger partial charge in [-0.15, -0.1) is 0 Å². The highest BCUT2D eigenvalue weighted by molar-refractivity contribution is 8.17. The topological polar surface area (TPSA) is 52.9 Å². The van der Waals surface area contributed by atoms with Gasteiger partial charge < -0.3 is 10.0 Å². The highest BCUT2D eigenvalue weighted by Crippen LogP contribution is 2.35. The van der Waals surface area contributed by atoms with Gasteiger partial charge >= 0.3 is 5.97 Å². The average molecular weight is 224 g/mol. The van der Waals surface area contributed by atoms with Crippen LogP contribution in [0.4, 0.5) is 0 Å². The fraction of sp³-hybridized carbons (Fsp3) is 0.400. The SMILES string of the molecule is CC(C)C1=CN2CC(C(=O)O)=CN=C2S1. The third-order valence-corrected chi connectivity index (χ3v) is 3.59. The Balaban J connectivity index is 2.19. The molecule has 0 saturated carbocycles. The summed E-state index contributed by atoms with van der Waals surface area (Å²) in [5.74, 6) is -0.439. The van der Waals surface area contributed by atoms with Crippen molar-refractivity contribution in [3.8, 4) is 0 Å². The van der Waals surface area contributed by atoms with Crippen molar-refractivity contribution in [1.82, 2.24) is 4.90 Å². The average Bonchev–Trinajstić information content (AvgIpc) is 2.59. The lowest BCUT2D eigenvalue weighted by atomic mass is 10.2. The van der Waals surface area contributed by atoms with Crippen molar-refractivity contribution in [2.45, 2.75) is 13.8 Å². The Bertz CT molecular complexity index is 396. The molecule has 0 aliphatic carbocycles. The monoisotopic (exact) mass is 224 g/mol. The van der Waals surface area contributed by atoms with E-state index in [0.29, 0.717) is 18.0 Å². The summed E-state index contributed by atoms with van der Waals surface area (Å²) in [5, 5.41) is 9.72. The van der Waals surface area contributed by atoms with Crippen molar-refractivity contribution in [2.75, 3.05) is 6.54 Å². The Labute approximate surface area is 92.4 Å². The Morgan fingerprint density at radius 2 is 2.40 bits per heavy atom. The Hall–Kier alpha value is -1.23. The molecular formula is C10H12N2O2S. The van der Waals surface area contributed by atoms with Crippen LogP contribution < -0.4 is 0 Å². The van der Waals surface area contributed by atoms with Crippen molar-refractivity contribution < 1.29 is 9.90 Å². The van der Waals surface area contributed by atoms with E-state index in [4.69, 9.17) is 5.11 Å². The first-order valence-corrected chi connectivity index (χ1v) is 5.56. The van der Waals surface area contributed by atoms with Crippen LogP contribution in [0.25, 0.3) is 0 Å². The van der Waals surface area contributed by atoms with E-state index in [-0.39, 0.29) is 0 Å². The van der Waals surface area contributed by atoms with Gasteiger partial charge in [0, 0.05) is 17.3 Å². The highest BCUT2D eigenvalue weighted by Gasteiger charge is 2.27. The van der Waals surface area contributed by atoms with E-state index in [0.717, 1.165) is 5.17 Å². The molecule has 15 heavy (non-hydrogen) atoms. The molecule has 0 saturated heterocycles. The molecule has 0 spiro atoms. The van der Waals surface area contributed by atoms with Gasteiger partial charge in [0.15, 0.2) is 5.17 Å². The zero-order valence-electron chi connectivity index (χ0n) is 8.60. The number of nitrogens with zero attached hydrogens (tertiary/aromatic N) is 2. The van der Waals surface area contributed by atoms with Crippen molar-refractivity contribution in [1.29, 1.82) is 0 Å². The van der Waals surface area contributed by atoms with E-state index >= 15 is 0 Å². The maximum absolute atomic E-state index is 10.8. The number of carboxylic acid groups (broad SMARTS) is 1. The van der Waals surface area contributed by atoms with Gasteiger partial charge in [0.05, 0.1) is 12.1 Å². The predicted octanol–water partition coefficient (Wildman–Crippen LogP) is 1.87. The van der Waals surface area contributed by atoms with Crippen molar-refractivity contribution >= 4 is 22.9 Å². The van der Waals surface area contributed by atoms with Crippen LogP contribution in [0.5, 0.6) is 0 Å². The molecule has 4 nitrogen and oxygen atoms in total. The van der Waals surface area contributed by atoms with Crippen LogP contribution in [0.15, 0.2) is 27.9 Å². The molecule has 2 aliphatic heterocycles.